The molecule has 2 aliphatic rings. The third-order valence-electron chi connectivity index (χ3n) is 5.49. The lowest BCUT2D eigenvalue weighted by Crippen LogP contribution is -2.57. The van der Waals surface area contributed by atoms with Crippen molar-refractivity contribution in [1.29, 1.82) is 0 Å². The number of ether oxygens (including phenoxy) is 1. The van der Waals surface area contributed by atoms with Crippen LogP contribution in [0.15, 0.2) is 24.3 Å². The molecule has 1 aromatic rings. The maximum absolute atomic E-state index is 13.4. The van der Waals surface area contributed by atoms with Gasteiger partial charge in [0.05, 0.1) is 6.61 Å². The van der Waals surface area contributed by atoms with E-state index in [2.05, 4.69) is 10.6 Å². The van der Waals surface area contributed by atoms with Crippen molar-refractivity contribution < 1.29 is 19.1 Å². The molecule has 3 atom stereocenters. The first kappa shape index (κ1) is 22.6. The second kappa shape index (κ2) is 8.98. The van der Waals surface area contributed by atoms with Crippen LogP contribution in [0, 0.1) is 5.92 Å². The summed E-state index contributed by atoms with van der Waals surface area (Å²) >= 11 is 1.61. The smallest absolute Gasteiger partial charge is 0.256 e. The Morgan fingerprint density at radius 3 is 2.63 bits per heavy atom. The number of hydrogen-bond acceptors (Lipinski definition) is 5. The Hall–Kier alpha value is -2.06. The van der Waals surface area contributed by atoms with Gasteiger partial charge >= 0.3 is 0 Å². The first-order chi connectivity index (χ1) is 14.2. The highest BCUT2D eigenvalue weighted by molar-refractivity contribution is 8.01. The molecule has 2 heterocycles. The van der Waals surface area contributed by atoms with Crippen LogP contribution in [0.4, 0.5) is 0 Å². The molecule has 1 fully saturated rings. The van der Waals surface area contributed by atoms with E-state index in [1.807, 2.05) is 52.0 Å². The average molecular weight is 434 g/mol. The van der Waals surface area contributed by atoms with E-state index in [4.69, 9.17) is 4.74 Å². The number of nitrogens with one attached hydrogen (secondary N) is 2. The summed E-state index contributed by atoms with van der Waals surface area (Å²) in [5.41, 5.74) is 1.60. The number of rotatable bonds is 8. The van der Waals surface area contributed by atoms with Gasteiger partial charge < -0.3 is 20.3 Å². The molecular formula is C22H31N3O4S. The number of nitrogens with zero attached hydrogens (tertiary/aromatic N) is 1. The predicted molar refractivity (Wildman–Crippen MR) is 117 cm³/mol. The summed E-state index contributed by atoms with van der Waals surface area (Å²) < 4.78 is 4.50. The molecule has 0 aliphatic carbocycles. The molecule has 7 nitrogen and oxygen atoms in total. The lowest BCUT2D eigenvalue weighted by Gasteiger charge is -2.31. The van der Waals surface area contributed by atoms with Crippen molar-refractivity contribution in [2.75, 3.05) is 20.3 Å². The van der Waals surface area contributed by atoms with E-state index in [0.717, 1.165) is 5.56 Å². The van der Waals surface area contributed by atoms with Crippen LogP contribution in [0.25, 0.3) is 0 Å². The van der Waals surface area contributed by atoms with Crippen molar-refractivity contribution >= 4 is 29.5 Å². The quantitative estimate of drug-likeness (QED) is 0.615. The normalized spacial score (nSPS) is 22.6. The van der Waals surface area contributed by atoms with E-state index in [9.17, 15) is 14.4 Å². The maximum Gasteiger partial charge on any atom is 0.256 e. The van der Waals surface area contributed by atoms with Crippen LogP contribution in [-0.4, -0.2) is 59.7 Å². The minimum Gasteiger partial charge on any atom is -0.383 e. The highest BCUT2D eigenvalue weighted by atomic mass is 32.2. The zero-order valence-electron chi connectivity index (χ0n) is 18.2. The van der Waals surface area contributed by atoms with Gasteiger partial charge in [-0.2, -0.15) is 0 Å². The summed E-state index contributed by atoms with van der Waals surface area (Å²) in [5, 5.41) is 5.56. The average Bonchev–Trinajstić information content (AvgIpc) is 3.10. The zero-order valence-corrected chi connectivity index (χ0v) is 19.0. The van der Waals surface area contributed by atoms with Crippen molar-refractivity contribution in [3.05, 3.63) is 35.4 Å². The summed E-state index contributed by atoms with van der Waals surface area (Å²) in [6.07, 6.45) is 0.516. The molecule has 0 bridgehead atoms. The minimum absolute atomic E-state index is 0.126. The third kappa shape index (κ3) is 4.34. The first-order valence-electron chi connectivity index (χ1n) is 10.3. The molecule has 164 valence electrons. The molecule has 0 spiro atoms. The van der Waals surface area contributed by atoms with Crippen molar-refractivity contribution in [2.24, 2.45) is 5.92 Å². The van der Waals surface area contributed by atoms with Gasteiger partial charge in [-0.25, -0.2) is 0 Å². The molecule has 8 heteroatoms. The molecule has 0 radical (unpaired) electrons. The molecule has 1 aromatic carbocycles. The number of hydrogen-bond donors (Lipinski definition) is 2. The van der Waals surface area contributed by atoms with Crippen molar-refractivity contribution in [2.45, 2.75) is 56.3 Å². The van der Waals surface area contributed by atoms with Crippen molar-refractivity contribution in [3.63, 3.8) is 0 Å². The molecule has 2 aliphatic heterocycles. The summed E-state index contributed by atoms with van der Waals surface area (Å²) in [7, 11) is 1.57. The fourth-order valence-electron chi connectivity index (χ4n) is 4.16. The van der Waals surface area contributed by atoms with E-state index in [0.29, 0.717) is 25.1 Å². The van der Waals surface area contributed by atoms with Gasteiger partial charge in [0.15, 0.2) is 0 Å². The molecule has 3 amide bonds. The highest BCUT2D eigenvalue weighted by Gasteiger charge is 2.57. The van der Waals surface area contributed by atoms with Gasteiger partial charge in [0.1, 0.15) is 17.5 Å². The molecule has 2 N–H and O–H groups in total. The standard InChI is InChI=1S/C22H31N3O4S/c1-13(2)12-16(18(26)23-10-11-29-5)24-19(27)17-22(3,4)30-21-15-9-7-6-8-14(15)20(28)25(17)21/h6-9,13,16-17,21H,10-12H2,1-5H3,(H,23,26)(H,24,27). The number of carbonyl (C=O) groups excluding carboxylic acids is 3. The van der Waals surface area contributed by atoms with Crippen molar-refractivity contribution in [1.82, 2.24) is 15.5 Å². The Morgan fingerprint density at radius 1 is 1.27 bits per heavy atom. The van der Waals surface area contributed by atoms with Gasteiger partial charge in [-0.15, -0.1) is 11.8 Å². The number of fused-ring (bicyclic) bond motifs is 3. The zero-order chi connectivity index (χ0) is 22.1. The molecule has 0 aromatic heterocycles. The SMILES string of the molecule is COCCNC(=O)C(CC(C)C)NC(=O)C1N2C(=O)c3ccccc3C2SC1(C)C. The van der Waals surface area contributed by atoms with E-state index in [-0.39, 0.29) is 29.0 Å². The van der Waals surface area contributed by atoms with Gasteiger partial charge in [-0.05, 0) is 37.8 Å². The predicted octanol–water partition coefficient (Wildman–Crippen LogP) is 2.33. The maximum atomic E-state index is 13.4. The van der Waals surface area contributed by atoms with E-state index in [1.165, 1.54) is 0 Å². The molecular weight excluding hydrogens is 402 g/mol. The monoisotopic (exact) mass is 433 g/mol. The lowest BCUT2D eigenvalue weighted by atomic mass is 9.98. The van der Waals surface area contributed by atoms with Crippen LogP contribution in [0.1, 0.15) is 55.4 Å². The second-order valence-electron chi connectivity index (χ2n) is 8.75. The molecule has 3 unspecified atom stereocenters. The summed E-state index contributed by atoms with van der Waals surface area (Å²) in [6, 6.07) is 6.20. The third-order valence-corrected chi connectivity index (χ3v) is 7.03. The fraction of sp³-hybridized carbons (Fsp3) is 0.591. The summed E-state index contributed by atoms with van der Waals surface area (Å²) in [4.78, 5) is 40.8. The largest absolute Gasteiger partial charge is 0.383 e. The molecule has 1 saturated heterocycles. The fourth-order valence-corrected chi connectivity index (χ4v) is 5.75. The summed E-state index contributed by atoms with van der Waals surface area (Å²) in [5.74, 6) is -0.424. The van der Waals surface area contributed by atoms with Gasteiger partial charge in [0, 0.05) is 24.0 Å². The van der Waals surface area contributed by atoms with Crippen LogP contribution in [0.5, 0.6) is 0 Å². The van der Waals surface area contributed by atoms with Crippen LogP contribution >= 0.6 is 11.8 Å². The minimum atomic E-state index is -0.658. The molecule has 3 rings (SSSR count). The Bertz CT molecular complexity index is 826. The molecule has 0 saturated carbocycles. The van der Waals surface area contributed by atoms with E-state index < -0.39 is 16.8 Å². The Kier molecular flexibility index (Phi) is 6.77. The highest BCUT2D eigenvalue weighted by Crippen LogP contribution is 2.56. The van der Waals surface area contributed by atoms with Crippen LogP contribution in [0.2, 0.25) is 0 Å². The number of methoxy groups -OCH3 is 1. The summed E-state index contributed by atoms with van der Waals surface area (Å²) in [6.45, 7) is 8.76. The topological polar surface area (TPSA) is 87.7 Å². The van der Waals surface area contributed by atoms with Gasteiger partial charge in [-0.3, -0.25) is 14.4 Å². The first-order valence-corrected chi connectivity index (χ1v) is 11.2. The number of thioether (sulfide) groups is 1. The molecule has 30 heavy (non-hydrogen) atoms. The Balaban J connectivity index is 1.80. The van der Waals surface area contributed by atoms with Gasteiger partial charge in [0.25, 0.3) is 5.91 Å². The van der Waals surface area contributed by atoms with Crippen molar-refractivity contribution in [3.8, 4) is 0 Å². The Morgan fingerprint density at radius 2 is 1.97 bits per heavy atom. The van der Waals surface area contributed by atoms with Gasteiger partial charge in [0.2, 0.25) is 11.8 Å². The Labute approximate surface area is 182 Å². The van der Waals surface area contributed by atoms with Crippen LogP contribution < -0.4 is 10.6 Å². The second-order valence-corrected chi connectivity index (χ2v) is 10.5. The number of carbonyl (C=O) groups is 3. The van der Waals surface area contributed by atoms with E-state index >= 15 is 0 Å². The lowest BCUT2D eigenvalue weighted by molar-refractivity contribution is -0.132. The van der Waals surface area contributed by atoms with Crippen LogP contribution in [-0.2, 0) is 14.3 Å². The van der Waals surface area contributed by atoms with Gasteiger partial charge in [-0.1, -0.05) is 32.0 Å². The number of amides is 3. The van der Waals surface area contributed by atoms with E-state index in [1.54, 1.807) is 23.8 Å². The van der Waals surface area contributed by atoms with Crippen LogP contribution in [0.3, 0.4) is 0 Å². The number of benzene rings is 1.